The summed E-state index contributed by atoms with van der Waals surface area (Å²) >= 11 is 0. The molecule has 7 nitrogen and oxygen atoms in total. The van der Waals surface area contributed by atoms with Crippen molar-refractivity contribution in [1.29, 1.82) is 0 Å². The minimum Gasteiger partial charge on any atom is -0.418 e. The fourth-order valence-corrected chi connectivity index (χ4v) is 3.32. The zero-order chi connectivity index (χ0) is 18.7. The molecule has 1 aliphatic heterocycles. The first-order chi connectivity index (χ1) is 12.5. The Bertz CT molecular complexity index is 759. The highest BCUT2D eigenvalue weighted by Gasteiger charge is 2.29. The van der Waals surface area contributed by atoms with Gasteiger partial charge in [-0.3, -0.25) is 9.69 Å². The second kappa shape index (κ2) is 7.97. The van der Waals surface area contributed by atoms with Gasteiger partial charge in [0.2, 0.25) is 11.8 Å². The number of benzene rings is 1. The summed E-state index contributed by atoms with van der Waals surface area (Å²) in [6.45, 7) is 7.03. The molecule has 1 aromatic heterocycles. The summed E-state index contributed by atoms with van der Waals surface area (Å²) in [5, 5.41) is 7.98. The van der Waals surface area contributed by atoms with Crippen LogP contribution in [-0.4, -0.2) is 65.7 Å². The summed E-state index contributed by atoms with van der Waals surface area (Å²) in [6, 6.07) is 7.74. The van der Waals surface area contributed by atoms with Crippen LogP contribution < -0.4 is 0 Å². The van der Waals surface area contributed by atoms with E-state index in [2.05, 4.69) is 36.0 Å². The molecule has 7 heteroatoms. The lowest BCUT2D eigenvalue weighted by Crippen LogP contribution is -2.55. The van der Waals surface area contributed by atoms with Crippen LogP contribution in [0.15, 0.2) is 28.7 Å². The lowest BCUT2D eigenvalue weighted by atomic mass is 9.99. The fourth-order valence-electron chi connectivity index (χ4n) is 3.32. The third kappa shape index (κ3) is 3.94. The lowest BCUT2D eigenvalue weighted by Gasteiger charge is -2.41. The molecule has 0 radical (unpaired) electrons. The predicted octanol–water partition coefficient (Wildman–Crippen LogP) is 2.30. The van der Waals surface area contributed by atoms with Crippen LogP contribution in [-0.2, 0) is 11.3 Å². The second-order valence-electron chi connectivity index (χ2n) is 7.06. The Morgan fingerprint density at radius 3 is 2.88 bits per heavy atom. The molecule has 2 heterocycles. The van der Waals surface area contributed by atoms with Gasteiger partial charge >= 0.3 is 0 Å². The molecular weight excluding hydrogens is 332 g/mol. The first-order valence-electron chi connectivity index (χ1n) is 8.91. The molecule has 1 aliphatic rings. The number of likely N-dealkylation sites (N-methyl/N-ethyl adjacent to an activating group) is 1. The van der Waals surface area contributed by atoms with Gasteiger partial charge in [0.1, 0.15) is 6.61 Å². The van der Waals surface area contributed by atoms with Crippen LogP contribution in [0.25, 0.3) is 11.5 Å². The number of rotatable bonds is 5. The van der Waals surface area contributed by atoms with E-state index in [9.17, 15) is 4.79 Å². The number of ether oxygens (including phenoxy) is 1. The highest BCUT2D eigenvalue weighted by Crippen LogP contribution is 2.22. The summed E-state index contributed by atoms with van der Waals surface area (Å²) in [6.07, 6.45) is 0. The molecule has 1 fully saturated rings. The van der Waals surface area contributed by atoms with Crippen molar-refractivity contribution in [1.82, 2.24) is 20.0 Å². The molecule has 0 unspecified atom stereocenters. The molecular formula is C19H26N4O3. The van der Waals surface area contributed by atoms with Crippen LogP contribution in [0.1, 0.15) is 30.1 Å². The van der Waals surface area contributed by atoms with Gasteiger partial charge in [-0.05, 0) is 31.2 Å². The van der Waals surface area contributed by atoms with Crippen LogP contribution in [0.5, 0.6) is 0 Å². The third-order valence-corrected chi connectivity index (χ3v) is 4.84. The van der Waals surface area contributed by atoms with Crippen molar-refractivity contribution < 1.29 is 13.9 Å². The van der Waals surface area contributed by atoms with Gasteiger partial charge in [0.05, 0.1) is 0 Å². The van der Waals surface area contributed by atoms with Gasteiger partial charge in [-0.25, -0.2) is 0 Å². The number of methoxy groups -OCH3 is 1. The van der Waals surface area contributed by atoms with Gasteiger partial charge in [0.15, 0.2) is 0 Å². The number of nitrogens with zero attached hydrogens (tertiary/aromatic N) is 4. The van der Waals surface area contributed by atoms with Crippen molar-refractivity contribution >= 4 is 5.91 Å². The van der Waals surface area contributed by atoms with E-state index in [-0.39, 0.29) is 12.5 Å². The highest BCUT2D eigenvalue weighted by atomic mass is 16.5. The molecule has 0 spiro atoms. The number of amides is 1. The molecule has 1 amide bonds. The summed E-state index contributed by atoms with van der Waals surface area (Å²) in [5.74, 6) is 1.35. The van der Waals surface area contributed by atoms with Gasteiger partial charge in [0, 0.05) is 43.9 Å². The van der Waals surface area contributed by atoms with E-state index in [1.807, 2.05) is 29.2 Å². The van der Waals surface area contributed by atoms with Crippen molar-refractivity contribution in [2.75, 3.05) is 33.8 Å². The average molecular weight is 358 g/mol. The molecule has 0 bridgehead atoms. The molecule has 1 saturated heterocycles. The average Bonchev–Trinajstić information content (AvgIpc) is 3.10. The van der Waals surface area contributed by atoms with Gasteiger partial charge in [-0.1, -0.05) is 19.9 Å². The van der Waals surface area contributed by atoms with Gasteiger partial charge in [-0.2, -0.15) is 0 Å². The molecule has 1 atom stereocenters. The van der Waals surface area contributed by atoms with Crippen LogP contribution in [0.3, 0.4) is 0 Å². The third-order valence-electron chi connectivity index (χ3n) is 4.84. The van der Waals surface area contributed by atoms with Crippen molar-refractivity contribution in [3.05, 3.63) is 35.7 Å². The number of piperazine rings is 1. The molecule has 26 heavy (non-hydrogen) atoms. The molecule has 1 aromatic carbocycles. The van der Waals surface area contributed by atoms with E-state index in [0.717, 1.165) is 25.2 Å². The highest BCUT2D eigenvalue weighted by molar-refractivity contribution is 5.95. The Kier molecular flexibility index (Phi) is 5.68. The first kappa shape index (κ1) is 18.5. The summed E-state index contributed by atoms with van der Waals surface area (Å²) in [4.78, 5) is 17.3. The van der Waals surface area contributed by atoms with Gasteiger partial charge in [0.25, 0.3) is 5.91 Å². The Labute approximate surface area is 153 Å². The molecule has 140 valence electrons. The first-order valence-corrected chi connectivity index (χ1v) is 8.91. The van der Waals surface area contributed by atoms with Crippen molar-refractivity contribution in [3.8, 4) is 11.5 Å². The van der Waals surface area contributed by atoms with Crippen LogP contribution in [0, 0.1) is 5.92 Å². The number of aromatic nitrogens is 2. The van der Waals surface area contributed by atoms with Gasteiger partial charge in [-0.15, -0.1) is 10.2 Å². The summed E-state index contributed by atoms with van der Waals surface area (Å²) in [5.41, 5.74) is 1.38. The van der Waals surface area contributed by atoms with Crippen LogP contribution in [0.4, 0.5) is 0 Å². The van der Waals surface area contributed by atoms with E-state index in [0.29, 0.717) is 29.3 Å². The van der Waals surface area contributed by atoms with Crippen LogP contribution >= 0.6 is 0 Å². The zero-order valence-corrected chi connectivity index (χ0v) is 15.8. The van der Waals surface area contributed by atoms with Crippen LogP contribution in [0.2, 0.25) is 0 Å². The normalized spacial score (nSPS) is 18.5. The van der Waals surface area contributed by atoms with E-state index < -0.39 is 0 Å². The maximum Gasteiger partial charge on any atom is 0.253 e. The Morgan fingerprint density at radius 1 is 1.35 bits per heavy atom. The molecule has 0 saturated carbocycles. The van der Waals surface area contributed by atoms with E-state index in [1.54, 1.807) is 7.11 Å². The second-order valence-corrected chi connectivity index (χ2v) is 7.06. The molecule has 0 N–H and O–H groups in total. The largest absolute Gasteiger partial charge is 0.418 e. The van der Waals surface area contributed by atoms with Gasteiger partial charge < -0.3 is 14.1 Å². The monoisotopic (exact) mass is 358 g/mol. The quantitative estimate of drug-likeness (QED) is 0.817. The number of carbonyl (C=O) groups excluding carboxylic acids is 1. The Morgan fingerprint density at radius 2 is 2.15 bits per heavy atom. The topological polar surface area (TPSA) is 71.7 Å². The van der Waals surface area contributed by atoms with E-state index >= 15 is 0 Å². The van der Waals surface area contributed by atoms with E-state index in [1.165, 1.54) is 0 Å². The summed E-state index contributed by atoms with van der Waals surface area (Å²) < 4.78 is 10.6. The number of carbonyl (C=O) groups is 1. The number of hydrogen-bond donors (Lipinski definition) is 0. The maximum atomic E-state index is 13.0. The standard InChI is InChI=1S/C19H26N4O3/c1-13(2)16-11-23(9-8-22(16)3)19(24)15-7-5-6-14(10-15)18-21-20-17(26-18)12-25-4/h5-7,10,13,16H,8-9,11-12H2,1-4H3/t16-/m1/s1. The fraction of sp³-hybridized carbons (Fsp3) is 0.526. The minimum atomic E-state index is 0.0437. The summed E-state index contributed by atoms with van der Waals surface area (Å²) in [7, 11) is 3.70. The predicted molar refractivity (Wildman–Crippen MR) is 97.6 cm³/mol. The van der Waals surface area contributed by atoms with Crippen molar-refractivity contribution in [2.24, 2.45) is 5.92 Å². The van der Waals surface area contributed by atoms with Crippen molar-refractivity contribution in [3.63, 3.8) is 0 Å². The number of hydrogen-bond acceptors (Lipinski definition) is 6. The molecule has 3 rings (SSSR count). The SMILES string of the molecule is COCc1nnc(-c2cccc(C(=O)N3CCN(C)[C@@H](C(C)C)C3)c2)o1. The minimum absolute atomic E-state index is 0.0437. The van der Waals surface area contributed by atoms with Crippen molar-refractivity contribution in [2.45, 2.75) is 26.5 Å². The Balaban J connectivity index is 1.77. The molecule has 2 aromatic rings. The maximum absolute atomic E-state index is 13.0. The zero-order valence-electron chi connectivity index (χ0n) is 15.8. The smallest absolute Gasteiger partial charge is 0.253 e. The molecule has 0 aliphatic carbocycles. The lowest BCUT2D eigenvalue weighted by molar-refractivity contribution is 0.0465. The Hall–Kier alpha value is -2.25. The van der Waals surface area contributed by atoms with E-state index in [4.69, 9.17) is 9.15 Å².